The highest BCUT2D eigenvalue weighted by molar-refractivity contribution is 6.35. The molecule has 1 saturated heterocycles. The van der Waals surface area contributed by atoms with Crippen LogP contribution in [0.15, 0.2) is 18.2 Å². The molecule has 0 saturated carbocycles. The minimum Gasteiger partial charge on any atom is -0.480 e. The average molecular weight is 360 g/mol. The van der Waals surface area contributed by atoms with E-state index in [1.54, 1.807) is 17.0 Å². The Morgan fingerprint density at radius 1 is 1.30 bits per heavy atom. The summed E-state index contributed by atoms with van der Waals surface area (Å²) in [6, 6.07) is 4.69. The van der Waals surface area contributed by atoms with Crippen molar-refractivity contribution in [3.8, 4) is 5.75 Å². The Morgan fingerprint density at radius 3 is 2.78 bits per heavy atom. The molecular formula is C16H19Cl2NO4. The third-order valence-corrected chi connectivity index (χ3v) is 4.14. The number of esters is 1. The highest BCUT2D eigenvalue weighted by Crippen LogP contribution is 2.27. The first-order valence-corrected chi connectivity index (χ1v) is 8.22. The summed E-state index contributed by atoms with van der Waals surface area (Å²) < 4.78 is 10.2. The van der Waals surface area contributed by atoms with E-state index in [-0.39, 0.29) is 19.1 Å². The Kier molecular flexibility index (Phi) is 6.54. The molecule has 0 aromatic heterocycles. The quantitative estimate of drug-likeness (QED) is 0.757. The molecule has 1 aromatic rings. The largest absolute Gasteiger partial charge is 0.480 e. The number of piperidine rings is 1. The van der Waals surface area contributed by atoms with E-state index in [9.17, 15) is 9.59 Å². The summed E-state index contributed by atoms with van der Waals surface area (Å²) in [5, 5.41) is 0.787. The first kappa shape index (κ1) is 17.9. The molecule has 0 spiro atoms. The number of hydrogen-bond acceptors (Lipinski definition) is 4. The number of hydrogen-bond donors (Lipinski definition) is 0. The van der Waals surface area contributed by atoms with Crippen LogP contribution in [-0.4, -0.2) is 43.1 Å². The number of amides is 1. The van der Waals surface area contributed by atoms with Crippen LogP contribution in [0.1, 0.15) is 19.8 Å². The SMILES string of the molecule is CC1CCCN(C(=O)COC(=O)COc2ccc(Cl)cc2Cl)C1. The van der Waals surface area contributed by atoms with Crippen molar-refractivity contribution >= 4 is 35.1 Å². The molecule has 1 atom stereocenters. The van der Waals surface area contributed by atoms with E-state index in [2.05, 4.69) is 6.92 Å². The summed E-state index contributed by atoms with van der Waals surface area (Å²) in [5.74, 6) is 0.0341. The second-order valence-electron chi connectivity index (χ2n) is 5.61. The molecular weight excluding hydrogens is 341 g/mol. The Balaban J connectivity index is 1.73. The maximum atomic E-state index is 12.0. The third-order valence-electron chi connectivity index (χ3n) is 3.61. The normalized spacial score (nSPS) is 17.7. The average Bonchev–Trinajstić information content (AvgIpc) is 2.51. The topological polar surface area (TPSA) is 55.8 Å². The van der Waals surface area contributed by atoms with E-state index in [0.29, 0.717) is 28.3 Å². The van der Waals surface area contributed by atoms with Crippen molar-refractivity contribution in [2.24, 2.45) is 5.92 Å². The van der Waals surface area contributed by atoms with Crippen LogP contribution in [0.4, 0.5) is 0 Å². The predicted octanol–water partition coefficient (Wildman–Crippen LogP) is 3.17. The fraction of sp³-hybridized carbons (Fsp3) is 0.500. The third kappa shape index (κ3) is 5.59. The van der Waals surface area contributed by atoms with Gasteiger partial charge in [-0.25, -0.2) is 4.79 Å². The molecule has 1 amide bonds. The fourth-order valence-corrected chi connectivity index (χ4v) is 2.88. The van der Waals surface area contributed by atoms with Gasteiger partial charge in [-0.05, 0) is 37.0 Å². The van der Waals surface area contributed by atoms with Crippen LogP contribution in [0.25, 0.3) is 0 Å². The molecule has 0 radical (unpaired) electrons. The molecule has 7 heteroatoms. The van der Waals surface area contributed by atoms with Crippen LogP contribution in [-0.2, 0) is 14.3 Å². The lowest BCUT2D eigenvalue weighted by Gasteiger charge is -2.30. The second kappa shape index (κ2) is 8.41. The number of carbonyl (C=O) groups is 2. The minimum atomic E-state index is -0.616. The van der Waals surface area contributed by atoms with Crippen molar-refractivity contribution in [2.75, 3.05) is 26.3 Å². The van der Waals surface area contributed by atoms with E-state index in [1.807, 2.05) is 0 Å². The van der Waals surface area contributed by atoms with E-state index in [0.717, 1.165) is 19.4 Å². The van der Waals surface area contributed by atoms with Crippen molar-refractivity contribution in [2.45, 2.75) is 19.8 Å². The van der Waals surface area contributed by atoms with Crippen molar-refractivity contribution in [3.63, 3.8) is 0 Å². The number of ether oxygens (including phenoxy) is 2. The number of nitrogens with zero attached hydrogens (tertiary/aromatic N) is 1. The fourth-order valence-electron chi connectivity index (χ4n) is 2.42. The van der Waals surface area contributed by atoms with Crippen molar-refractivity contribution < 1.29 is 19.1 Å². The summed E-state index contributed by atoms with van der Waals surface area (Å²) in [6.07, 6.45) is 2.11. The molecule has 1 aliphatic heterocycles. The van der Waals surface area contributed by atoms with E-state index >= 15 is 0 Å². The van der Waals surface area contributed by atoms with Gasteiger partial charge in [0.2, 0.25) is 0 Å². The Labute approximate surface area is 145 Å². The zero-order valence-corrected chi connectivity index (χ0v) is 14.4. The molecule has 126 valence electrons. The van der Waals surface area contributed by atoms with E-state index in [1.165, 1.54) is 6.07 Å². The van der Waals surface area contributed by atoms with Gasteiger partial charge in [-0.15, -0.1) is 0 Å². The molecule has 23 heavy (non-hydrogen) atoms. The molecule has 2 rings (SSSR count). The van der Waals surface area contributed by atoms with Gasteiger partial charge in [-0.1, -0.05) is 30.1 Å². The smallest absolute Gasteiger partial charge is 0.344 e. The minimum absolute atomic E-state index is 0.172. The zero-order chi connectivity index (χ0) is 16.8. The van der Waals surface area contributed by atoms with Gasteiger partial charge in [0.05, 0.1) is 5.02 Å². The number of likely N-dealkylation sites (tertiary alicyclic amines) is 1. The molecule has 0 bridgehead atoms. The van der Waals surface area contributed by atoms with Gasteiger partial charge in [-0.3, -0.25) is 4.79 Å². The number of benzene rings is 1. The molecule has 1 unspecified atom stereocenters. The molecule has 5 nitrogen and oxygen atoms in total. The maximum Gasteiger partial charge on any atom is 0.344 e. The van der Waals surface area contributed by atoms with Crippen molar-refractivity contribution in [1.82, 2.24) is 4.90 Å². The summed E-state index contributed by atoms with van der Waals surface area (Å²) in [6.45, 7) is 2.97. The predicted molar refractivity (Wildman–Crippen MR) is 87.9 cm³/mol. The summed E-state index contributed by atoms with van der Waals surface area (Å²) in [5.41, 5.74) is 0. The van der Waals surface area contributed by atoms with Crippen LogP contribution < -0.4 is 4.74 Å². The number of halogens is 2. The van der Waals surface area contributed by atoms with Gasteiger partial charge in [0.15, 0.2) is 13.2 Å². The van der Waals surface area contributed by atoms with Crippen molar-refractivity contribution in [1.29, 1.82) is 0 Å². The van der Waals surface area contributed by atoms with Crippen molar-refractivity contribution in [3.05, 3.63) is 28.2 Å². The Morgan fingerprint density at radius 2 is 2.09 bits per heavy atom. The van der Waals surface area contributed by atoms with Gasteiger partial charge < -0.3 is 14.4 Å². The first-order chi connectivity index (χ1) is 11.0. The molecule has 1 fully saturated rings. The van der Waals surface area contributed by atoms with Crippen LogP contribution in [0.3, 0.4) is 0 Å². The second-order valence-corrected chi connectivity index (χ2v) is 6.45. The molecule has 1 aromatic carbocycles. The highest BCUT2D eigenvalue weighted by Gasteiger charge is 2.21. The molecule has 0 aliphatic carbocycles. The van der Waals surface area contributed by atoms with Gasteiger partial charge >= 0.3 is 5.97 Å². The number of carbonyl (C=O) groups excluding carboxylic acids is 2. The molecule has 0 N–H and O–H groups in total. The standard InChI is InChI=1S/C16H19Cl2NO4/c1-11-3-2-6-19(8-11)15(20)9-23-16(21)10-22-14-5-4-12(17)7-13(14)18/h4-5,7,11H,2-3,6,8-10H2,1H3. The first-order valence-electron chi connectivity index (χ1n) is 7.47. The summed E-state index contributed by atoms with van der Waals surface area (Å²) in [4.78, 5) is 25.4. The Bertz CT molecular complexity index is 579. The van der Waals surface area contributed by atoms with Gasteiger partial charge in [0.25, 0.3) is 5.91 Å². The monoisotopic (exact) mass is 359 g/mol. The van der Waals surface area contributed by atoms with Crippen LogP contribution in [0.2, 0.25) is 10.0 Å². The lowest BCUT2D eigenvalue weighted by molar-refractivity contribution is -0.154. The molecule has 1 heterocycles. The lowest BCUT2D eigenvalue weighted by Crippen LogP contribution is -2.41. The van der Waals surface area contributed by atoms with Gasteiger partial charge in [0.1, 0.15) is 5.75 Å². The highest BCUT2D eigenvalue weighted by atomic mass is 35.5. The number of rotatable bonds is 5. The van der Waals surface area contributed by atoms with E-state index in [4.69, 9.17) is 32.7 Å². The molecule has 1 aliphatic rings. The van der Waals surface area contributed by atoms with Crippen LogP contribution in [0, 0.1) is 5.92 Å². The maximum absolute atomic E-state index is 12.0. The van der Waals surface area contributed by atoms with Crippen LogP contribution >= 0.6 is 23.2 Å². The summed E-state index contributed by atoms with van der Waals surface area (Å²) in [7, 11) is 0. The summed E-state index contributed by atoms with van der Waals surface area (Å²) >= 11 is 11.7. The zero-order valence-electron chi connectivity index (χ0n) is 12.9. The van der Waals surface area contributed by atoms with Gasteiger partial charge in [0, 0.05) is 18.1 Å². The van der Waals surface area contributed by atoms with Gasteiger partial charge in [-0.2, -0.15) is 0 Å². The Hall–Kier alpha value is -1.46. The van der Waals surface area contributed by atoms with E-state index < -0.39 is 5.97 Å². The van der Waals surface area contributed by atoms with Crippen LogP contribution in [0.5, 0.6) is 5.75 Å². The lowest BCUT2D eigenvalue weighted by atomic mass is 10.0.